The number of ether oxygens (including phenoxy) is 1. The summed E-state index contributed by atoms with van der Waals surface area (Å²) in [7, 11) is 0. The lowest BCUT2D eigenvalue weighted by molar-refractivity contribution is 0.0591. The molecule has 2 aromatic rings. The van der Waals surface area contributed by atoms with Gasteiger partial charge in [0.2, 0.25) is 5.76 Å². The normalized spacial score (nSPS) is 19.9. The van der Waals surface area contributed by atoms with Crippen LogP contribution in [-0.4, -0.2) is 35.7 Å². The molecule has 1 fully saturated rings. The molecule has 4 rings (SSSR count). The maximum atomic E-state index is 12.9. The Labute approximate surface area is 154 Å². The highest BCUT2D eigenvalue weighted by atomic mass is 16.5. The molecule has 26 heavy (non-hydrogen) atoms. The highest BCUT2D eigenvalue weighted by Gasteiger charge is 2.31. The average Bonchev–Trinajstić information content (AvgIpc) is 3.11. The first-order valence-electron chi connectivity index (χ1n) is 9.67. The first-order chi connectivity index (χ1) is 12.7. The van der Waals surface area contributed by atoms with Gasteiger partial charge in [0.15, 0.2) is 0 Å². The van der Waals surface area contributed by atoms with Crippen molar-refractivity contribution in [2.75, 3.05) is 19.7 Å². The van der Waals surface area contributed by atoms with Crippen LogP contribution in [0.4, 0.5) is 0 Å². The number of fused-ring (bicyclic) bond motifs is 1. The molecule has 5 nitrogen and oxygen atoms in total. The summed E-state index contributed by atoms with van der Waals surface area (Å²) in [6, 6.07) is 8.11. The van der Waals surface area contributed by atoms with Gasteiger partial charge in [-0.25, -0.2) is 0 Å². The van der Waals surface area contributed by atoms with E-state index < -0.39 is 0 Å². The smallest absolute Gasteiger partial charge is 0.292 e. The molecule has 1 amide bonds. The van der Waals surface area contributed by atoms with E-state index in [1.165, 1.54) is 5.56 Å². The molecular weight excluding hydrogens is 328 g/mol. The molecule has 1 aromatic heterocycles. The van der Waals surface area contributed by atoms with Crippen molar-refractivity contribution < 1.29 is 14.1 Å². The Kier molecular flexibility index (Phi) is 4.96. The zero-order chi connectivity index (χ0) is 17.9. The van der Waals surface area contributed by atoms with E-state index in [1.807, 2.05) is 17.0 Å². The van der Waals surface area contributed by atoms with Crippen molar-refractivity contribution in [2.24, 2.45) is 5.92 Å². The molecule has 1 aliphatic heterocycles. The molecule has 0 spiro atoms. The number of piperidine rings is 1. The quantitative estimate of drug-likeness (QED) is 0.838. The van der Waals surface area contributed by atoms with E-state index in [4.69, 9.17) is 9.26 Å². The van der Waals surface area contributed by atoms with Crippen molar-refractivity contribution in [1.29, 1.82) is 0 Å². The Morgan fingerprint density at radius 3 is 2.88 bits per heavy atom. The first-order valence-corrected chi connectivity index (χ1v) is 9.67. The fourth-order valence-electron chi connectivity index (χ4n) is 3.94. The second-order valence-corrected chi connectivity index (χ2v) is 7.53. The summed E-state index contributed by atoms with van der Waals surface area (Å²) in [5.41, 5.74) is 3.25. The van der Waals surface area contributed by atoms with Crippen molar-refractivity contribution in [2.45, 2.75) is 45.4 Å². The molecule has 1 atom stereocenters. The summed E-state index contributed by atoms with van der Waals surface area (Å²) in [4.78, 5) is 14.9. The number of hydrogen-bond acceptors (Lipinski definition) is 4. The molecule has 0 radical (unpaired) electrons. The number of carbonyl (C=O) groups is 1. The minimum absolute atomic E-state index is 0.000635. The maximum Gasteiger partial charge on any atom is 0.292 e. The summed E-state index contributed by atoms with van der Waals surface area (Å²) in [5.74, 6) is 1.72. The van der Waals surface area contributed by atoms with Crippen molar-refractivity contribution in [3.05, 3.63) is 46.8 Å². The second-order valence-electron chi connectivity index (χ2n) is 7.53. The summed E-state index contributed by atoms with van der Waals surface area (Å²) in [5, 5.41) is 4.13. The topological polar surface area (TPSA) is 55.6 Å². The largest absolute Gasteiger partial charge is 0.493 e. The molecule has 0 N–H and O–H groups in total. The van der Waals surface area contributed by atoms with Gasteiger partial charge in [0.25, 0.3) is 5.91 Å². The van der Waals surface area contributed by atoms with Crippen molar-refractivity contribution in [1.82, 2.24) is 10.1 Å². The summed E-state index contributed by atoms with van der Waals surface area (Å²) < 4.78 is 11.4. The fourth-order valence-corrected chi connectivity index (χ4v) is 3.94. The van der Waals surface area contributed by atoms with E-state index in [9.17, 15) is 4.79 Å². The lowest BCUT2D eigenvalue weighted by Gasteiger charge is -2.32. The summed E-state index contributed by atoms with van der Waals surface area (Å²) in [6.45, 7) is 4.22. The lowest BCUT2D eigenvalue weighted by atomic mass is 9.94. The number of nitrogens with zero attached hydrogens (tertiary/aromatic N) is 2. The van der Waals surface area contributed by atoms with E-state index in [2.05, 4.69) is 24.2 Å². The Balaban J connectivity index is 1.38. The van der Waals surface area contributed by atoms with Gasteiger partial charge >= 0.3 is 0 Å². The minimum Gasteiger partial charge on any atom is -0.493 e. The van der Waals surface area contributed by atoms with Gasteiger partial charge in [0.1, 0.15) is 5.75 Å². The van der Waals surface area contributed by atoms with Gasteiger partial charge in [-0.05, 0) is 57.6 Å². The van der Waals surface area contributed by atoms with Crippen LogP contribution in [0.2, 0.25) is 0 Å². The van der Waals surface area contributed by atoms with Crippen LogP contribution in [0, 0.1) is 12.8 Å². The molecule has 0 saturated carbocycles. The number of aryl methyl sites for hydroxylation is 2. The number of aromatic nitrogens is 1. The van der Waals surface area contributed by atoms with Gasteiger partial charge in [0.05, 0.1) is 12.3 Å². The lowest BCUT2D eigenvalue weighted by Crippen LogP contribution is -2.41. The molecule has 0 bridgehead atoms. The van der Waals surface area contributed by atoms with E-state index >= 15 is 0 Å². The Morgan fingerprint density at radius 1 is 1.23 bits per heavy atom. The van der Waals surface area contributed by atoms with E-state index in [-0.39, 0.29) is 5.91 Å². The zero-order valence-corrected chi connectivity index (χ0v) is 15.4. The molecule has 2 heterocycles. The monoisotopic (exact) mass is 354 g/mol. The Bertz CT molecular complexity index is 766. The molecule has 0 unspecified atom stereocenters. The van der Waals surface area contributed by atoms with Gasteiger partial charge in [0, 0.05) is 24.6 Å². The summed E-state index contributed by atoms with van der Waals surface area (Å²) >= 11 is 0. The predicted molar refractivity (Wildman–Crippen MR) is 98.4 cm³/mol. The van der Waals surface area contributed by atoms with Crippen LogP contribution in [0.5, 0.6) is 5.75 Å². The van der Waals surface area contributed by atoms with E-state index in [0.29, 0.717) is 18.3 Å². The Morgan fingerprint density at radius 2 is 2.04 bits per heavy atom. The zero-order valence-electron chi connectivity index (χ0n) is 15.4. The Hall–Kier alpha value is -2.30. The van der Waals surface area contributed by atoms with Gasteiger partial charge in [-0.3, -0.25) is 4.79 Å². The standard InChI is InChI=1S/C21H26N2O3/c1-15-8-10-17(11-9-15)25-14-16-5-4-12-23(13-16)21(24)20-18-6-2-3-7-19(18)22-26-20/h8-11,16H,2-7,12-14H2,1H3/t16-/m0/s1. The molecular formula is C21H26N2O3. The number of likely N-dealkylation sites (tertiary alicyclic amines) is 1. The molecule has 1 aliphatic carbocycles. The highest BCUT2D eigenvalue weighted by Crippen LogP contribution is 2.27. The second kappa shape index (κ2) is 7.52. The van der Waals surface area contributed by atoms with Crippen molar-refractivity contribution in [3.63, 3.8) is 0 Å². The van der Waals surface area contributed by atoms with Crippen LogP contribution in [0.1, 0.15) is 53.1 Å². The molecule has 5 heteroatoms. The third kappa shape index (κ3) is 3.62. The van der Waals surface area contributed by atoms with Crippen LogP contribution in [0.3, 0.4) is 0 Å². The number of hydrogen-bond donors (Lipinski definition) is 0. The third-order valence-electron chi connectivity index (χ3n) is 5.47. The van der Waals surface area contributed by atoms with Gasteiger partial charge in [-0.15, -0.1) is 0 Å². The van der Waals surface area contributed by atoms with Crippen LogP contribution >= 0.6 is 0 Å². The van der Waals surface area contributed by atoms with Crippen molar-refractivity contribution >= 4 is 5.91 Å². The SMILES string of the molecule is Cc1ccc(OC[C@H]2CCCN(C(=O)c3onc4c3CCCC4)C2)cc1. The van der Waals surface area contributed by atoms with Gasteiger partial charge < -0.3 is 14.2 Å². The molecule has 1 aromatic carbocycles. The van der Waals surface area contributed by atoms with Crippen LogP contribution in [0.25, 0.3) is 0 Å². The van der Waals surface area contributed by atoms with Crippen LogP contribution < -0.4 is 4.74 Å². The maximum absolute atomic E-state index is 12.9. The molecule has 2 aliphatic rings. The molecule has 1 saturated heterocycles. The number of amides is 1. The number of rotatable bonds is 4. The summed E-state index contributed by atoms with van der Waals surface area (Å²) in [6.07, 6.45) is 6.18. The number of benzene rings is 1. The number of carbonyl (C=O) groups excluding carboxylic acids is 1. The highest BCUT2D eigenvalue weighted by molar-refractivity contribution is 5.93. The van der Waals surface area contributed by atoms with Gasteiger partial charge in [-0.2, -0.15) is 0 Å². The predicted octanol–water partition coefficient (Wildman–Crippen LogP) is 3.79. The first kappa shape index (κ1) is 17.1. The van der Waals surface area contributed by atoms with Gasteiger partial charge in [-0.1, -0.05) is 22.9 Å². The third-order valence-corrected chi connectivity index (χ3v) is 5.47. The minimum atomic E-state index is 0.000635. The van der Waals surface area contributed by atoms with Crippen LogP contribution in [-0.2, 0) is 12.8 Å². The molecule has 138 valence electrons. The van der Waals surface area contributed by atoms with E-state index in [0.717, 1.165) is 68.6 Å². The average molecular weight is 354 g/mol. The fraction of sp³-hybridized carbons (Fsp3) is 0.524. The van der Waals surface area contributed by atoms with Crippen molar-refractivity contribution in [3.8, 4) is 5.75 Å². The van der Waals surface area contributed by atoms with Crippen LogP contribution in [0.15, 0.2) is 28.8 Å². The van der Waals surface area contributed by atoms with E-state index in [1.54, 1.807) is 0 Å².